The molecule has 0 saturated carbocycles. The van der Waals surface area contributed by atoms with Crippen LogP contribution in [0.2, 0.25) is 0 Å². The number of hydrogen-bond donors (Lipinski definition) is 1. The van der Waals surface area contributed by atoms with E-state index in [9.17, 15) is 0 Å². The minimum atomic E-state index is 0.543. The minimum Gasteiger partial charge on any atom is -0.377 e. The summed E-state index contributed by atoms with van der Waals surface area (Å²) in [4.78, 5) is 2.81. The molecule has 3 heteroatoms. The molecule has 0 saturated heterocycles. The standard InChI is InChI=1S/C15H27NOS/c1-5-6-7-8-17-11-14-9-15(18-13(14)4)10-16-12(2)3/h9,12,16H,5-8,10-11H2,1-4H3. The summed E-state index contributed by atoms with van der Waals surface area (Å²) < 4.78 is 5.73. The smallest absolute Gasteiger partial charge is 0.0727 e. The van der Waals surface area contributed by atoms with E-state index in [1.807, 2.05) is 11.3 Å². The van der Waals surface area contributed by atoms with Gasteiger partial charge in [0.15, 0.2) is 0 Å². The first-order chi connectivity index (χ1) is 8.63. The van der Waals surface area contributed by atoms with Gasteiger partial charge in [0.1, 0.15) is 0 Å². The molecule has 0 unspecified atom stereocenters. The van der Waals surface area contributed by atoms with E-state index < -0.39 is 0 Å². The van der Waals surface area contributed by atoms with Crippen LogP contribution in [0.3, 0.4) is 0 Å². The van der Waals surface area contributed by atoms with E-state index in [1.54, 1.807) is 0 Å². The Balaban J connectivity index is 2.32. The maximum absolute atomic E-state index is 5.73. The monoisotopic (exact) mass is 269 g/mol. The van der Waals surface area contributed by atoms with Crippen molar-refractivity contribution in [3.63, 3.8) is 0 Å². The Morgan fingerprint density at radius 2 is 2.11 bits per heavy atom. The summed E-state index contributed by atoms with van der Waals surface area (Å²) in [5.41, 5.74) is 1.36. The highest BCUT2D eigenvalue weighted by atomic mass is 32.1. The number of hydrogen-bond acceptors (Lipinski definition) is 3. The van der Waals surface area contributed by atoms with Crippen molar-refractivity contribution < 1.29 is 4.74 Å². The molecule has 1 aromatic heterocycles. The Hall–Kier alpha value is -0.380. The predicted octanol–water partition coefficient (Wildman–Crippen LogP) is 4.26. The highest BCUT2D eigenvalue weighted by Crippen LogP contribution is 2.22. The molecule has 1 aromatic rings. The zero-order valence-corrected chi connectivity index (χ0v) is 13.0. The lowest BCUT2D eigenvalue weighted by atomic mass is 10.2. The van der Waals surface area contributed by atoms with Crippen molar-refractivity contribution in [2.75, 3.05) is 6.61 Å². The van der Waals surface area contributed by atoms with Crippen molar-refractivity contribution >= 4 is 11.3 Å². The van der Waals surface area contributed by atoms with Crippen molar-refractivity contribution in [1.82, 2.24) is 5.32 Å². The molecule has 1 rings (SSSR count). The maximum Gasteiger partial charge on any atom is 0.0727 e. The molecule has 0 amide bonds. The van der Waals surface area contributed by atoms with Gasteiger partial charge in [-0.2, -0.15) is 0 Å². The molecule has 0 radical (unpaired) electrons. The molecule has 0 fully saturated rings. The SMILES string of the molecule is CCCCCOCc1cc(CNC(C)C)sc1C. The molecular formula is C15H27NOS. The van der Waals surface area contributed by atoms with Gasteiger partial charge in [0.25, 0.3) is 0 Å². The van der Waals surface area contributed by atoms with Gasteiger partial charge in [0.2, 0.25) is 0 Å². The molecule has 18 heavy (non-hydrogen) atoms. The summed E-state index contributed by atoms with van der Waals surface area (Å²) in [5.74, 6) is 0. The molecule has 0 aliphatic heterocycles. The van der Waals surface area contributed by atoms with Crippen LogP contribution in [0.4, 0.5) is 0 Å². The van der Waals surface area contributed by atoms with Crippen LogP contribution in [-0.2, 0) is 17.9 Å². The number of ether oxygens (including phenoxy) is 1. The van der Waals surface area contributed by atoms with Crippen LogP contribution in [0.1, 0.15) is 55.4 Å². The van der Waals surface area contributed by atoms with E-state index in [0.29, 0.717) is 6.04 Å². The largest absolute Gasteiger partial charge is 0.377 e. The van der Waals surface area contributed by atoms with Gasteiger partial charge in [0, 0.05) is 28.9 Å². The summed E-state index contributed by atoms with van der Waals surface area (Å²) >= 11 is 1.88. The molecule has 2 nitrogen and oxygen atoms in total. The summed E-state index contributed by atoms with van der Waals surface area (Å²) in [7, 11) is 0. The molecule has 104 valence electrons. The third kappa shape index (κ3) is 5.98. The normalized spacial score (nSPS) is 11.4. The minimum absolute atomic E-state index is 0.543. The van der Waals surface area contributed by atoms with E-state index in [1.165, 1.54) is 34.6 Å². The quantitative estimate of drug-likeness (QED) is 0.676. The number of rotatable bonds is 9. The van der Waals surface area contributed by atoms with E-state index in [2.05, 4.69) is 39.1 Å². The Morgan fingerprint density at radius 3 is 2.78 bits per heavy atom. The van der Waals surface area contributed by atoms with Gasteiger partial charge in [-0.25, -0.2) is 0 Å². The fourth-order valence-electron chi connectivity index (χ4n) is 1.76. The second-order valence-electron chi connectivity index (χ2n) is 5.09. The number of thiophene rings is 1. The van der Waals surface area contributed by atoms with E-state index in [0.717, 1.165) is 19.8 Å². The lowest BCUT2D eigenvalue weighted by molar-refractivity contribution is 0.117. The predicted molar refractivity (Wildman–Crippen MR) is 80.2 cm³/mol. The summed E-state index contributed by atoms with van der Waals surface area (Å²) in [6.45, 7) is 11.4. The molecular weight excluding hydrogens is 242 g/mol. The Kier molecular flexibility index (Phi) is 7.56. The van der Waals surface area contributed by atoms with Crippen molar-refractivity contribution in [2.45, 2.75) is 66.2 Å². The zero-order valence-electron chi connectivity index (χ0n) is 12.2. The van der Waals surface area contributed by atoms with Gasteiger partial charge in [-0.05, 0) is 25.0 Å². The molecule has 0 bridgehead atoms. The molecule has 0 aliphatic rings. The van der Waals surface area contributed by atoms with Gasteiger partial charge in [0.05, 0.1) is 6.61 Å². The highest BCUT2D eigenvalue weighted by Gasteiger charge is 2.06. The summed E-state index contributed by atoms with van der Waals surface area (Å²) in [6.07, 6.45) is 3.71. The third-order valence-electron chi connectivity index (χ3n) is 2.91. The zero-order chi connectivity index (χ0) is 13.4. The fourth-order valence-corrected chi connectivity index (χ4v) is 2.76. The van der Waals surface area contributed by atoms with Gasteiger partial charge >= 0.3 is 0 Å². The van der Waals surface area contributed by atoms with Crippen molar-refractivity contribution in [3.8, 4) is 0 Å². The van der Waals surface area contributed by atoms with E-state index in [-0.39, 0.29) is 0 Å². The Bertz CT molecular complexity index is 333. The van der Waals surface area contributed by atoms with Gasteiger partial charge in [-0.15, -0.1) is 11.3 Å². The van der Waals surface area contributed by atoms with Crippen molar-refractivity contribution in [1.29, 1.82) is 0 Å². The highest BCUT2D eigenvalue weighted by molar-refractivity contribution is 7.12. The van der Waals surface area contributed by atoms with E-state index in [4.69, 9.17) is 4.74 Å². The maximum atomic E-state index is 5.73. The summed E-state index contributed by atoms with van der Waals surface area (Å²) in [5, 5.41) is 3.46. The number of unbranched alkanes of at least 4 members (excludes halogenated alkanes) is 2. The lowest BCUT2D eigenvalue weighted by Gasteiger charge is -2.05. The van der Waals surface area contributed by atoms with Crippen LogP contribution in [0.25, 0.3) is 0 Å². The van der Waals surface area contributed by atoms with Crippen molar-refractivity contribution in [3.05, 3.63) is 21.4 Å². The van der Waals surface area contributed by atoms with Gasteiger partial charge in [-0.1, -0.05) is 33.6 Å². The molecule has 0 aliphatic carbocycles. The fraction of sp³-hybridized carbons (Fsp3) is 0.733. The first kappa shape index (κ1) is 15.7. The molecule has 0 spiro atoms. The molecule has 1 N–H and O–H groups in total. The molecule has 0 aromatic carbocycles. The van der Waals surface area contributed by atoms with Crippen LogP contribution < -0.4 is 5.32 Å². The van der Waals surface area contributed by atoms with Gasteiger partial charge in [-0.3, -0.25) is 0 Å². The Labute approximate surface area is 116 Å². The average Bonchev–Trinajstić information content (AvgIpc) is 2.67. The van der Waals surface area contributed by atoms with Crippen LogP contribution in [0, 0.1) is 6.92 Å². The van der Waals surface area contributed by atoms with Crippen molar-refractivity contribution in [2.24, 2.45) is 0 Å². The van der Waals surface area contributed by atoms with Crippen LogP contribution >= 0.6 is 11.3 Å². The topological polar surface area (TPSA) is 21.3 Å². The second-order valence-corrected chi connectivity index (χ2v) is 6.43. The van der Waals surface area contributed by atoms with Gasteiger partial charge < -0.3 is 10.1 Å². The van der Waals surface area contributed by atoms with Crippen LogP contribution in [0.15, 0.2) is 6.07 Å². The molecule has 0 atom stereocenters. The third-order valence-corrected chi connectivity index (χ3v) is 4.00. The van der Waals surface area contributed by atoms with Crippen LogP contribution in [0.5, 0.6) is 0 Å². The first-order valence-electron chi connectivity index (χ1n) is 7.02. The molecule has 1 heterocycles. The average molecular weight is 269 g/mol. The Morgan fingerprint density at radius 1 is 1.33 bits per heavy atom. The number of nitrogens with one attached hydrogen (secondary N) is 1. The number of aryl methyl sites for hydroxylation is 1. The second kappa shape index (κ2) is 8.68. The summed E-state index contributed by atoms with van der Waals surface area (Å²) in [6, 6.07) is 2.83. The van der Waals surface area contributed by atoms with Crippen LogP contribution in [-0.4, -0.2) is 12.6 Å². The lowest BCUT2D eigenvalue weighted by Crippen LogP contribution is -2.21. The first-order valence-corrected chi connectivity index (χ1v) is 7.84. The van der Waals surface area contributed by atoms with E-state index >= 15 is 0 Å².